The molecule has 0 spiro atoms. The number of likely N-dealkylation sites (tertiary alicyclic amines) is 1. The van der Waals surface area contributed by atoms with E-state index in [0.717, 1.165) is 18.7 Å². The summed E-state index contributed by atoms with van der Waals surface area (Å²) in [6.07, 6.45) is 2.52. The van der Waals surface area contributed by atoms with E-state index >= 15 is 0 Å². The van der Waals surface area contributed by atoms with Crippen molar-refractivity contribution in [2.45, 2.75) is 45.9 Å². The monoisotopic (exact) mass is 386 g/mol. The first kappa shape index (κ1) is 20.6. The summed E-state index contributed by atoms with van der Waals surface area (Å²) < 4.78 is 25.8. The van der Waals surface area contributed by atoms with Gasteiger partial charge in [-0.3, -0.25) is 4.90 Å². The van der Waals surface area contributed by atoms with Crippen LogP contribution in [-0.2, 0) is 13.2 Å². The van der Waals surface area contributed by atoms with Crippen LogP contribution in [-0.4, -0.2) is 37.2 Å². The average Bonchev–Trinajstić information content (AvgIpc) is 3.16. The molecule has 0 radical (unpaired) electrons. The zero-order valence-corrected chi connectivity index (χ0v) is 16.9. The maximum atomic E-state index is 14.0. The molecule has 1 unspecified atom stereocenters. The molecule has 1 aliphatic heterocycles. The Labute approximate surface area is 167 Å². The van der Waals surface area contributed by atoms with Crippen molar-refractivity contribution in [2.75, 3.05) is 26.2 Å². The minimum atomic E-state index is -0.253. The molecule has 2 aromatic rings. The maximum Gasteiger partial charge on any atom is 0.166 e. The standard InChI is InChI=1S/C23H31FN2O2/c1-3-26-14-8-11-20(26)16-25-15-18-10-7-13-22(27-4-2)23(18)28-17-19-9-5-6-12-21(19)24/h5-7,9-10,12-13,20,25H,3-4,8,11,14-17H2,1-2H3. The van der Waals surface area contributed by atoms with Gasteiger partial charge in [0.25, 0.3) is 0 Å². The third kappa shape index (κ3) is 5.24. The molecule has 1 heterocycles. The highest BCUT2D eigenvalue weighted by Crippen LogP contribution is 2.32. The molecule has 4 nitrogen and oxygen atoms in total. The molecule has 0 aromatic heterocycles. The first-order chi connectivity index (χ1) is 13.7. The second kappa shape index (κ2) is 10.4. The Morgan fingerprint density at radius 2 is 1.89 bits per heavy atom. The van der Waals surface area contributed by atoms with Crippen molar-refractivity contribution in [3.63, 3.8) is 0 Å². The lowest BCUT2D eigenvalue weighted by Gasteiger charge is -2.23. The summed E-state index contributed by atoms with van der Waals surface area (Å²) in [5.41, 5.74) is 1.57. The Morgan fingerprint density at radius 1 is 1.07 bits per heavy atom. The number of ether oxygens (including phenoxy) is 2. The van der Waals surface area contributed by atoms with Crippen molar-refractivity contribution in [3.8, 4) is 11.5 Å². The Balaban J connectivity index is 1.67. The van der Waals surface area contributed by atoms with Gasteiger partial charge in [0.1, 0.15) is 12.4 Å². The Bertz CT molecular complexity index is 753. The number of rotatable bonds is 10. The second-order valence-corrected chi connectivity index (χ2v) is 7.11. The number of hydrogen-bond donors (Lipinski definition) is 1. The number of nitrogens with zero attached hydrogens (tertiary/aromatic N) is 1. The summed E-state index contributed by atoms with van der Waals surface area (Å²) in [5, 5.41) is 3.58. The predicted octanol–water partition coefficient (Wildman–Crippen LogP) is 4.38. The molecule has 0 amide bonds. The lowest BCUT2D eigenvalue weighted by molar-refractivity contribution is 0.255. The first-order valence-electron chi connectivity index (χ1n) is 10.3. The fraction of sp³-hybridized carbons (Fsp3) is 0.478. The molecule has 1 fully saturated rings. The van der Waals surface area contributed by atoms with E-state index in [1.54, 1.807) is 12.1 Å². The molecule has 5 heteroatoms. The molecule has 28 heavy (non-hydrogen) atoms. The van der Waals surface area contributed by atoms with E-state index in [-0.39, 0.29) is 12.4 Å². The van der Waals surface area contributed by atoms with Gasteiger partial charge < -0.3 is 14.8 Å². The molecule has 2 aromatic carbocycles. The predicted molar refractivity (Wildman–Crippen MR) is 110 cm³/mol. The number of halogens is 1. The number of hydrogen-bond acceptors (Lipinski definition) is 4. The minimum Gasteiger partial charge on any atom is -0.490 e. The second-order valence-electron chi connectivity index (χ2n) is 7.11. The van der Waals surface area contributed by atoms with E-state index in [1.807, 2.05) is 31.2 Å². The first-order valence-corrected chi connectivity index (χ1v) is 10.3. The lowest BCUT2D eigenvalue weighted by atomic mass is 10.1. The van der Waals surface area contributed by atoms with Crippen LogP contribution in [0.2, 0.25) is 0 Å². The summed E-state index contributed by atoms with van der Waals surface area (Å²) in [7, 11) is 0. The zero-order chi connectivity index (χ0) is 19.8. The van der Waals surface area contributed by atoms with Crippen molar-refractivity contribution < 1.29 is 13.9 Å². The van der Waals surface area contributed by atoms with Crippen molar-refractivity contribution in [3.05, 3.63) is 59.4 Å². The highest BCUT2D eigenvalue weighted by atomic mass is 19.1. The molecule has 1 saturated heterocycles. The quantitative estimate of drug-likeness (QED) is 0.657. The lowest BCUT2D eigenvalue weighted by Crippen LogP contribution is -2.37. The van der Waals surface area contributed by atoms with Crippen LogP contribution in [0.1, 0.15) is 37.8 Å². The van der Waals surface area contributed by atoms with E-state index in [9.17, 15) is 4.39 Å². The molecule has 0 bridgehead atoms. The number of para-hydroxylation sites is 1. The van der Waals surface area contributed by atoms with E-state index in [4.69, 9.17) is 9.47 Å². The molecule has 1 aliphatic rings. The number of benzene rings is 2. The normalized spacial score (nSPS) is 17.0. The van der Waals surface area contributed by atoms with Crippen LogP contribution < -0.4 is 14.8 Å². The summed E-state index contributed by atoms with van der Waals surface area (Å²) >= 11 is 0. The van der Waals surface area contributed by atoms with Gasteiger partial charge in [-0.1, -0.05) is 37.3 Å². The Morgan fingerprint density at radius 3 is 2.68 bits per heavy atom. The third-order valence-corrected chi connectivity index (χ3v) is 5.29. The van der Waals surface area contributed by atoms with Crippen LogP contribution in [0.5, 0.6) is 11.5 Å². The van der Waals surface area contributed by atoms with Gasteiger partial charge in [0.15, 0.2) is 11.5 Å². The highest BCUT2D eigenvalue weighted by Gasteiger charge is 2.22. The number of likely N-dealkylation sites (N-methyl/N-ethyl adjacent to an activating group) is 1. The molecule has 1 N–H and O–H groups in total. The summed E-state index contributed by atoms with van der Waals surface area (Å²) in [6, 6.07) is 13.2. The maximum absolute atomic E-state index is 14.0. The van der Waals surface area contributed by atoms with Gasteiger partial charge in [-0.15, -0.1) is 0 Å². The van der Waals surface area contributed by atoms with E-state index < -0.39 is 0 Å². The van der Waals surface area contributed by atoms with Gasteiger partial charge in [0, 0.05) is 30.3 Å². The van der Waals surface area contributed by atoms with Gasteiger partial charge in [0.2, 0.25) is 0 Å². The van der Waals surface area contributed by atoms with Gasteiger partial charge in [0.05, 0.1) is 6.61 Å². The van der Waals surface area contributed by atoms with Gasteiger partial charge in [-0.25, -0.2) is 4.39 Å². The van der Waals surface area contributed by atoms with E-state index in [1.165, 1.54) is 25.5 Å². The van der Waals surface area contributed by atoms with Crippen molar-refractivity contribution in [2.24, 2.45) is 0 Å². The molecule has 0 saturated carbocycles. The molecule has 0 aliphatic carbocycles. The summed E-state index contributed by atoms with van der Waals surface area (Å²) in [6.45, 7) is 8.85. The largest absolute Gasteiger partial charge is 0.490 e. The van der Waals surface area contributed by atoms with Gasteiger partial charge >= 0.3 is 0 Å². The highest BCUT2D eigenvalue weighted by molar-refractivity contribution is 5.46. The van der Waals surface area contributed by atoms with Crippen LogP contribution in [0.3, 0.4) is 0 Å². The van der Waals surface area contributed by atoms with Crippen LogP contribution in [0.15, 0.2) is 42.5 Å². The smallest absolute Gasteiger partial charge is 0.166 e. The average molecular weight is 387 g/mol. The van der Waals surface area contributed by atoms with Crippen LogP contribution in [0, 0.1) is 5.82 Å². The Hall–Kier alpha value is -2.11. The van der Waals surface area contributed by atoms with Crippen LogP contribution in [0.25, 0.3) is 0 Å². The molecule has 3 rings (SSSR count). The fourth-order valence-corrected chi connectivity index (χ4v) is 3.81. The Kier molecular flexibility index (Phi) is 7.69. The van der Waals surface area contributed by atoms with Crippen molar-refractivity contribution in [1.29, 1.82) is 0 Å². The number of nitrogens with one attached hydrogen (secondary N) is 1. The van der Waals surface area contributed by atoms with Crippen LogP contribution in [0.4, 0.5) is 4.39 Å². The van der Waals surface area contributed by atoms with Gasteiger partial charge in [-0.05, 0) is 45.0 Å². The summed E-state index contributed by atoms with van der Waals surface area (Å²) in [4.78, 5) is 2.53. The van der Waals surface area contributed by atoms with Crippen molar-refractivity contribution >= 4 is 0 Å². The van der Waals surface area contributed by atoms with Crippen molar-refractivity contribution in [1.82, 2.24) is 10.2 Å². The SMILES string of the molecule is CCOc1cccc(CNCC2CCCN2CC)c1OCc1ccccc1F. The fourth-order valence-electron chi connectivity index (χ4n) is 3.81. The topological polar surface area (TPSA) is 33.7 Å². The van der Waals surface area contributed by atoms with E-state index in [2.05, 4.69) is 17.1 Å². The zero-order valence-electron chi connectivity index (χ0n) is 16.9. The third-order valence-electron chi connectivity index (χ3n) is 5.29. The van der Waals surface area contributed by atoms with Crippen LogP contribution >= 0.6 is 0 Å². The summed E-state index contributed by atoms with van der Waals surface area (Å²) in [5.74, 6) is 1.14. The molecular formula is C23H31FN2O2. The molecular weight excluding hydrogens is 355 g/mol. The molecule has 1 atom stereocenters. The van der Waals surface area contributed by atoms with E-state index in [0.29, 0.717) is 36.3 Å². The van der Waals surface area contributed by atoms with Gasteiger partial charge in [-0.2, -0.15) is 0 Å². The molecule has 152 valence electrons. The minimum absolute atomic E-state index is 0.177.